The molecule has 2 nitrogen and oxygen atoms in total. The van der Waals surface area contributed by atoms with Crippen LogP contribution in [-0.2, 0) is 0 Å². The summed E-state index contributed by atoms with van der Waals surface area (Å²) in [6.45, 7) is 0. The van der Waals surface area contributed by atoms with Crippen LogP contribution in [0.1, 0.15) is 6.42 Å². The predicted molar refractivity (Wildman–Crippen MR) is 75.2 cm³/mol. The van der Waals surface area contributed by atoms with Gasteiger partial charge in [0, 0.05) is 11.6 Å². The number of nitrogens with one attached hydrogen (secondary N) is 2. The maximum atomic E-state index is 3.55. The molecule has 0 saturated heterocycles. The van der Waals surface area contributed by atoms with Crippen molar-refractivity contribution in [2.24, 2.45) is 5.92 Å². The Labute approximate surface area is 106 Å². The molecule has 2 aliphatic carbocycles. The second-order valence-corrected chi connectivity index (χ2v) is 4.89. The summed E-state index contributed by atoms with van der Waals surface area (Å²) in [6, 6.07) is 8.34. The molecule has 1 aliphatic heterocycles. The monoisotopic (exact) mass is 234 g/mol. The van der Waals surface area contributed by atoms with Gasteiger partial charge in [0.05, 0.1) is 17.1 Å². The summed E-state index contributed by atoms with van der Waals surface area (Å²) in [4.78, 5) is 0. The van der Waals surface area contributed by atoms with Gasteiger partial charge in [-0.25, -0.2) is 0 Å². The average molecular weight is 234 g/mol. The molecule has 1 unspecified atom stereocenters. The molecule has 1 heterocycles. The Morgan fingerprint density at radius 3 is 2.72 bits per heavy atom. The smallest absolute Gasteiger partial charge is 0.0623 e. The molecule has 0 spiro atoms. The van der Waals surface area contributed by atoms with E-state index in [4.69, 9.17) is 0 Å². The van der Waals surface area contributed by atoms with Crippen molar-refractivity contribution in [3.63, 3.8) is 0 Å². The van der Waals surface area contributed by atoms with Gasteiger partial charge in [-0.05, 0) is 30.2 Å². The molecule has 88 valence electrons. The van der Waals surface area contributed by atoms with Gasteiger partial charge in [0.15, 0.2) is 0 Å². The number of para-hydroxylation sites is 2. The number of hydrogen-bond donors (Lipinski definition) is 2. The molecule has 1 aromatic carbocycles. The molecule has 2 heteroatoms. The van der Waals surface area contributed by atoms with Gasteiger partial charge in [-0.1, -0.05) is 36.4 Å². The summed E-state index contributed by atoms with van der Waals surface area (Å²) in [5.74, 6) is 0.522. The summed E-state index contributed by atoms with van der Waals surface area (Å²) in [5.41, 5.74) is 6.22. The predicted octanol–water partition coefficient (Wildman–Crippen LogP) is 3.81. The molecule has 2 N–H and O–H groups in total. The highest BCUT2D eigenvalue weighted by molar-refractivity contribution is 5.77. The lowest BCUT2D eigenvalue weighted by Crippen LogP contribution is -2.22. The molecule has 0 saturated carbocycles. The Balaban J connectivity index is 1.75. The van der Waals surface area contributed by atoms with Gasteiger partial charge < -0.3 is 10.6 Å². The molecule has 0 radical (unpaired) electrons. The van der Waals surface area contributed by atoms with E-state index < -0.39 is 0 Å². The van der Waals surface area contributed by atoms with E-state index in [1.807, 2.05) is 0 Å². The molecule has 3 aliphatic rings. The normalized spacial score (nSPS) is 23.3. The van der Waals surface area contributed by atoms with Crippen molar-refractivity contribution >= 4 is 11.4 Å². The van der Waals surface area contributed by atoms with E-state index in [-0.39, 0.29) is 0 Å². The highest BCUT2D eigenvalue weighted by Crippen LogP contribution is 2.38. The Morgan fingerprint density at radius 2 is 1.83 bits per heavy atom. The summed E-state index contributed by atoms with van der Waals surface area (Å²) >= 11 is 0. The minimum Gasteiger partial charge on any atom is -0.355 e. The Bertz CT molecular complexity index is 632. The van der Waals surface area contributed by atoms with Crippen LogP contribution in [0.15, 0.2) is 71.6 Å². The number of fused-ring (bicyclic) bond motifs is 2. The van der Waals surface area contributed by atoms with Crippen molar-refractivity contribution in [3.05, 3.63) is 71.6 Å². The summed E-state index contributed by atoms with van der Waals surface area (Å²) in [5, 5.41) is 7.06. The molecule has 0 fully saturated rings. The van der Waals surface area contributed by atoms with Gasteiger partial charge in [-0.3, -0.25) is 0 Å². The molecule has 0 amide bonds. The summed E-state index contributed by atoms with van der Waals surface area (Å²) in [6.07, 6.45) is 12.0. The summed E-state index contributed by atoms with van der Waals surface area (Å²) in [7, 11) is 0. The van der Waals surface area contributed by atoms with Crippen LogP contribution in [0.25, 0.3) is 0 Å². The van der Waals surface area contributed by atoms with Gasteiger partial charge in [0.25, 0.3) is 0 Å². The zero-order valence-electron chi connectivity index (χ0n) is 9.98. The minimum absolute atomic E-state index is 0.522. The van der Waals surface area contributed by atoms with Crippen molar-refractivity contribution in [1.82, 2.24) is 0 Å². The van der Waals surface area contributed by atoms with Crippen LogP contribution in [0, 0.1) is 5.92 Å². The highest BCUT2D eigenvalue weighted by atomic mass is 15.0. The molecule has 0 bridgehead atoms. The van der Waals surface area contributed by atoms with Crippen LogP contribution < -0.4 is 10.6 Å². The first-order chi connectivity index (χ1) is 8.90. The zero-order valence-corrected chi connectivity index (χ0v) is 9.98. The van der Waals surface area contributed by atoms with Crippen molar-refractivity contribution in [2.45, 2.75) is 6.42 Å². The fraction of sp³-hybridized carbons (Fsp3) is 0.125. The minimum atomic E-state index is 0.522. The van der Waals surface area contributed by atoms with Crippen molar-refractivity contribution in [1.29, 1.82) is 0 Å². The molecule has 1 atom stereocenters. The topological polar surface area (TPSA) is 24.1 Å². The number of benzene rings is 1. The Kier molecular flexibility index (Phi) is 1.97. The molecule has 4 rings (SSSR count). The van der Waals surface area contributed by atoms with Gasteiger partial charge in [0.1, 0.15) is 0 Å². The SMILES string of the molecule is C1=CC2=CC3=C(CC2C=C1)Nc1ccccc1N3. The van der Waals surface area contributed by atoms with Gasteiger partial charge in [-0.2, -0.15) is 0 Å². The van der Waals surface area contributed by atoms with Crippen LogP contribution in [-0.4, -0.2) is 0 Å². The average Bonchev–Trinajstić information content (AvgIpc) is 2.42. The molecule has 1 aromatic rings. The Hall–Kier alpha value is -2.22. The third-order valence-corrected chi connectivity index (χ3v) is 3.71. The number of allylic oxidation sites excluding steroid dienone is 7. The highest BCUT2D eigenvalue weighted by Gasteiger charge is 2.24. The fourth-order valence-corrected chi connectivity index (χ4v) is 2.76. The van der Waals surface area contributed by atoms with E-state index in [1.165, 1.54) is 22.7 Å². The van der Waals surface area contributed by atoms with E-state index in [0.29, 0.717) is 5.92 Å². The molecule has 18 heavy (non-hydrogen) atoms. The van der Waals surface area contributed by atoms with E-state index in [2.05, 4.69) is 65.3 Å². The van der Waals surface area contributed by atoms with Crippen LogP contribution in [0.3, 0.4) is 0 Å². The lowest BCUT2D eigenvalue weighted by Gasteiger charge is -2.31. The van der Waals surface area contributed by atoms with E-state index in [9.17, 15) is 0 Å². The first-order valence-electron chi connectivity index (χ1n) is 6.33. The number of rotatable bonds is 0. The van der Waals surface area contributed by atoms with Crippen LogP contribution >= 0.6 is 0 Å². The van der Waals surface area contributed by atoms with Crippen LogP contribution in [0.2, 0.25) is 0 Å². The number of anilines is 2. The fourth-order valence-electron chi connectivity index (χ4n) is 2.76. The van der Waals surface area contributed by atoms with Crippen LogP contribution in [0.4, 0.5) is 11.4 Å². The Morgan fingerprint density at radius 1 is 1.00 bits per heavy atom. The van der Waals surface area contributed by atoms with E-state index >= 15 is 0 Å². The second-order valence-electron chi connectivity index (χ2n) is 4.89. The van der Waals surface area contributed by atoms with Gasteiger partial charge in [-0.15, -0.1) is 0 Å². The lowest BCUT2D eigenvalue weighted by molar-refractivity contribution is 0.738. The third-order valence-electron chi connectivity index (χ3n) is 3.71. The van der Waals surface area contributed by atoms with Gasteiger partial charge in [0.2, 0.25) is 0 Å². The third kappa shape index (κ3) is 1.42. The maximum absolute atomic E-state index is 3.55. The van der Waals surface area contributed by atoms with E-state index in [0.717, 1.165) is 12.1 Å². The zero-order chi connectivity index (χ0) is 11.9. The van der Waals surface area contributed by atoms with Crippen molar-refractivity contribution in [3.8, 4) is 0 Å². The van der Waals surface area contributed by atoms with E-state index in [1.54, 1.807) is 0 Å². The molecular weight excluding hydrogens is 220 g/mol. The quantitative estimate of drug-likeness (QED) is 0.713. The van der Waals surface area contributed by atoms with Crippen LogP contribution in [0.5, 0.6) is 0 Å². The van der Waals surface area contributed by atoms with Crippen molar-refractivity contribution in [2.75, 3.05) is 10.6 Å². The standard InChI is InChI=1S/C16H14N2/c1-2-6-12-10-16-15(9-11(12)5-1)17-13-7-3-4-8-14(13)18-16/h1-9,12,17-18H,10H2. The van der Waals surface area contributed by atoms with Gasteiger partial charge >= 0.3 is 0 Å². The summed E-state index contributed by atoms with van der Waals surface area (Å²) < 4.78 is 0. The van der Waals surface area contributed by atoms with Crippen molar-refractivity contribution < 1.29 is 0 Å². The maximum Gasteiger partial charge on any atom is 0.0623 e. The lowest BCUT2D eigenvalue weighted by atomic mass is 9.85. The first kappa shape index (κ1) is 9.77. The molecular formula is C16H14N2. The second kappa shape index (κ2) is 3.64. The molecule has 0 aromatic heterocycles. The number of hydrogen-bond acceptors (Lipinski definition) is 2. The first-order valence-corrected chi connectivity index (χ1v) is 6.33. The largest absolute Gasteiger partial charge is 0.355 e.